The molecule has 0 unspecified atom stereocenters. The number of ether oxygens (including phenoxy) is 2. The molecule has 0 spiro atoms. The number of anilines is 1. The van der Waals surface area contributed by atoms with E-state index in [2.05, 4.69) is 31.5 Å². The van der Waals surface area contributed by atoms with Crippen LogP contribution in [0.1, 0.15) is 5.56 Å². The third-order valence-corrected chi connectivity index (χ3v) is 5.65. The van der Waals surface area contributed by atoms with Gasteiger partial charge in [-0.05, 0) is 88.3 Å². The van der Waals surface area contributed by atoms with Crippen LogP contribution in [0.3, 0.4) is 0 Å². The van der Waals surface area contributed by atoms with Crippen LogP contribution in [0.25, 0.3) is 28.6 Å². The third kappa shape index (κ3) is 5.62. The minimum Gasteiger partial charge on any atom is -0.497 e. The van der Waals surface area contributed by atoms with Crippen molar-refractivity contribution in [3.05, 3.63) is 76.8 Å². The zero-order valence-corrected chi connectivity index (χ0v) is 20.7. The summed E-state index contributed by atoms with van der Waals surface area (Å²) in [5, 5.41) is 5.79. The van der Waals surface area contributed by atoms with Gasteiger partial charge in [0, 0.05) is 17.3 Å². The molecule has 172 valence electrons. The lowest BCUT2D eigenvalue weighted by molar-refractivity contribution is -0.115. The molecule has 0 radical (unpaired) electrons. The molecule has 1 aromatic heterocycles. The average molecular weight is 538 g/mol. The smallest absolute Gasteiger partial charge is 0.250 e. The Bertz CT molecular complexity index is 1380. The molecule has 0 atom stereocenters. The van der Waals surface area contributed by atoms with Gasteiger partial charge in [0.1, 0.15) is 17.0 Å². The van der Waals surface area contributed by atoms with E-state index in [0.29, 0.717) is 22.7 Å². The second-order valence-electron chi connectivity index (χ2n) is 7.10. The lowest BCUT2D eigenvalue weighted by Crippen LogP contribution is -2.32. The number of thiocarbonyl (C=S) groups is 1. The Labute approximate surface area is 209 Å². The lowest BCUT2D eigenvalue weighted by atomic mass is 10.2. The number of hydrogen-bond donors (Lipinski definition) is 2. The first-order valence-corrected chi connectivity index (χ1v) is 11.3. The summed E-state index contributed by atoms with van der Waals surface area (Å²) in [6.07, 6.45) is 3.10. The van der Waals surface area contributed by atoms with Gasteiger partial charge in [0.05, 0.1) is 18.7 Å². The quantitative estimate of drug-likeness (QED) is 0.237. The van der Waals surface area contributed by atoms with Gasteiger partial charge in [-0.25, -0.2) is 4.98 Å². The molecule has 7 nitrogen and oxygen atoms in total. The average Bonchev–Trinajstić information content (AvgIpc) is 3.26. The number of fused-ring (bicyclic) bond motifs is 1. The topological polar surface area (TPSA) is 85.6 Å². The van der Waals surface area contributed by atoms with Crippen molar-refractivity contribution in [3.8, 4) is 23.0 Å². The SMILES string of the molecule is COc1ccc(C=CC(=O)NC(=S)Nc2ccc3oc(-c4ccc(OC)c(Br)c4)nc3c2)cc1. The highest BCUT2D eigenvalue weighted by molar-refractivity contribution is 9.10. The summed E-state index contributed by atoms with van der Waals surface area (Å²) < 4.78 is 17.1. The van der Waals surface area contributed by atoms with Gasteiger partial charge in [-0.2, -0.15) is 0 Å². The number of rotatable bonds is 6. The number of nitrogens with zero attached hydrogens (tertiary/aromatic N) is 1. The summed E-state index contributed by atoms with van der Waals surface area (Å²) in [4.78, 5) is 16.8. The molecule has 4 aromatic rings. The van der Waals surface area contributed by atoms with Gasteiger partial charge in [-0.3, -0.25) is 10.1 Å². The van der Waals surface area contributed by atoms with Crippen molar-refractivity contribution < 1.29 is 18.7 Å². The van der Waals surface area contributed by atoms with E-state index in [1.54, 1.807) is 38.5 Å². The Kier molecular flexibility index (Phi) is 7.24. The van der Waals surface area contributed by atoms with Gasteiger partial charge in [-0.15, -0.1) is 0 Å². The number of hydrogen-bond acceptors (Lipinski definition) is 6. The molecule has 9 heteroatoms. The predicted molar refractivity (Wildman–Crippen MR) is 140 cm³/mol. The molecule has 1 amide bonds. The van der Waals surface area contributed by atoms with Crippen molar-refractivity contribution in [2.24, 2.45) is 0 Å². The number of amides is 1. The van der Waals surface area contributed by atoms with E-state index in [1.807, 2.05) is 42.5 Å². The van der Waals surface area contributed by atoms with Crippen LogP contribution in [-0.4, -0.2) is 30.2 Å². The van der Waals surface area contributed by atoms with Gasteiger partial charge < -0.3 is 19.2 Å². The fourth-order valence-corrected chi connectivity index (χ4v) is 3.89. The van der Waals surface area contributed by atoms with Crippen molar-refractivity contribution in [2.75, 3.05) is 19.5 Å². The number of halogens is 1. The van der Waals surface area contributed by atoms with Crippen molar-refractivity contribution in [2.45, 2.75) is 0 Å². The van der Waals surface area contributed by atoms with E-state index < -0.39 is 0 Å². The number of nitrogens with one attached hydrogen (secondary N) is 2. The monoisotopic (exact) mass is 537 g/mol. The van der Waals surface area contributed by atoms with Gasteiger partial charge in [0.2, 0.25) is 11.8 Å². The summed E-state index contributed by atoms with van der Waals surface area (Å²) in [5.41, 5.74) is 3.63. The van der Waals surface area contributed by atoms with Crippen molar-refractivity contribution >= 4 is 62.0 Å². The molecule has 4 rings (SSSR count). The summed E-state index contributed by atoms with van der Waals surface area (Å²) in [6, 6.07) is 18.3. The van der Waals surface area contributed by atoms with Gasteiger partial charge in [0.15, 0.2) is 10.7 Å². The minimum atomic E-state index is -0.344. The van der Waals surface area contributed by atoms with Crippen molar-refractivity contribution in [3.63, 3.8) is 0 Å². The van der Waals surface area contributed by atoms with Crippen LogP contribution >= 0.6 is 28.1 Å². The van der Waals surface area contributed by atoms with E-state index in [9.17, 15) is 4.79 Å². The van der Waals surface area contributed by atoms with Gasteiger partial charge >= 0.3 is 0 Å². The number of carbonyl (C=O) groups is 1. The number of methoxy groups -OCH3 is 2. The Morgan fingerprint density at radius 3 is 2.56 bits per heavy atom. The number of aromatic nitrogens is 1. The van der Waals surface area contributed by atoms with E-state index in [0.717, 1.165) is 27.1 Å². The lowest BCUT2D eigenvalue weighted by Gasteiger charge is -2.07. The highest BCUT2D eigenvalue weighted by Crippen LogP contribution is 2.32. The molecule has 2 N–H and O–H groups in total. The first-order chi connectivity index (χ1) is 16.4. The summed E-state index contributed by atoms with van der Waals surface area (Å²) in [6.45, 7) is 0. The molecule has 1 heterocycles. The van der Waals surface area contributed by atoms with Crippen LogP contribution < -0.4 is 20.1 Å². The second kappa shape index (κ2) is 10.5. The van der Waals surface area contributed by atoms with E-state index in [1.165, 1.54) is 6.08 Å². The zero-order valence-electron chi connectivity index (χ0n) is 18.3. The van der Waals surface area contributed by atoms with Crippen LogP contribution in [0.15, 0.2) is 75.6 Å². The van der Waals surface area contributed by atoms with Gasteiger partial charge in [-0.1, -0.05) is 12.1 Å². The molecule has 3 aromatic carbocycles. The number of carbonyl (C=O) groups excluding carboxylic acids is 1. The zero-order chi connectivity index (χ0) is 24.1. The molecular weight excluding hydrogens is 518 g/mol. The molecule has 0 aliphatic carbocycles. The van der Waals surface area contributed by atoms with Crippen LogP contribution in [0, 0.1) is 0 Å². The van der Waals surface area contributed by atoms with Crippen LogP contribution in [0.4, 0.5) is 5.69 Å². The number of benzene rings is 3. The Morgan fingerprint density at radius 1 is 1.06 bits per heavy atom. The predicted octanol–water partition coefficient (Wildman–Crippen LogP) is 5.80. The first kappa shape index (κ1) is 23.5. The van der Waals surface area contributed by atoms with Gasteiger partial charge in [0.25, 0.3) is 0 Å². The maximum absolute atomic E-state index is 12.2. The van der Waals surface area contributed by atoms with Crippen molar-refractivity contribution in [1.82, 2.24) is 10.3 Å². The molecule has 0 fully saturated rings. The Hall–Kier alpha value is -3.69. The summed E-state index contributed by atoms with van der Waals surface area (Å²) in [7, 11) is 3.21. The molecular formula is C25H20BrN3O4S. The van der Waals surface area contributed by atoms with E-state index in [4.69, 9.17) is 26.1 Å². The Balaban J connectivity index is 1.40. The standard InChI is InChI=1S/C25H20BrN3O4S/c1-31-18-8-3-15(4-9-18)5-12-23(30)29-25(34)27-17-7-11-22-20(14-17)28-24(33-22)16-6-10-21(32-2)19(26)13-16/h3-14H,1-2H3,(H2,27,29,30,34). The molecule has 0 saturated heterocycles. The van der Waals surface area contributed by atoms with Crippen LogP contribution in [0.2, 0.25) is 0 Å². The molecule has 0 aliphatic rings. The normalized spacial score (nSPS) is 10.9. The second-order valence-corrected chi connectivity index (χ2v) is 8.36. The summed E-state index contributed by atoms with van der Waals surface area (Å²) >= 11 is 8.74. The Morgan fingerprint density at radius 2 is 1.85 bits per heavy atom. The maximum Gasteiger partial charge on any atom is 0.250 e. The van der Waals surface area contributed by atoms with E-state index >= 15 is 0 Å². The largest absolute Gasteiger partial charge is 0.497 e. The molecule has 0 aliphatic heterocycles. The highest BCUT2D eigenvalue weighted by atomic mass is 79.9. The van der Waals surface area contributed by atoms with E-state index in [-0.39, 0.29) is 11.0 Å². The first-order valence-electron chi connectivity index (χ1n) is 10.1. The maximum atomic E-state index is 12.2. The third-order valence-electron chi connectivity index (χ3n) is 4.82. The van der Waals surface area contributed by atoms with Crippen molar-refractivity contribution in [1.29, 1.82) is 0 Å². The fourth-order valence-electron chi connectivity index (χ4n) is 3.13. The van der Waals surface area contributed by atoms with Crippen LogP contribution in [0.5, 0.6) is 11.5 Å². The highest BCUT2D eigenvalue weighted by Gasteiger charge is 2.12. The number of oxazole rings is 1. The fraction of sp³-hybridized carbons (Fsp3) is 0.0800. The molecule has 0 bridgehead atoms. The summed E-state index contributed by atoms with van der Waals surface area (Å²) in [5.74, 6) is 1.61. The molecule has 0 saturated carbocycles. The molecule has 34 heavy (non-hydrogen) atoms. The minimum absolute atomic E-state index is 0.173. The van der Waals surface area contributed by atoms with Crippen LogP contribution in [-0.2, 0) is 4.79 Å².